The first kappa shape index (κ1) is 6.49. The van der Waals surface area contributed by atoms with Crippen LogP contribution in [-0.2, 0) is 0 Å². The van der Waals surface area contributed by atoms with Crippen LogP contribution in [0.3, 0.4) is 0 Å². The minimum atomic E-state index is 0. The van der Waals surface area contributed by atoms with Crippen molar-refractivity contribution < 1.29 is 0 Å². The molecule has 3 nitrogen and oxygen atoms in total. The Balaban J connectivity index is 0.000000360. The zero-order valence-corrected chi connectivity index (χ0v) is 5.33. The van der Waals surface area contributed by atoms with E-state index in [1.807, 2.05) is 0 Å². The van der Waals surface area contributed by atoms with Gasteiger partial charge in [0.2, 0.25) is 0 Å². The van der Waals surface area contributed by atoms with Crippen molar-refractivity contribution in [2.75, 3.05) is 5.84 Å². The molecule has 7 heavy (non-hydrogen) atoms. The van der Waals surface area contributed by atoms with E-state index in [0.29, 0.717) is 0 Å². The van der Waals surface area contributed by atoms with E-state index in [4.69, 9.17) is 5.84 Å². The molecule has 0 aromatic carbocycles. The smallest absolute Gasteiger partial charge is 0.0510 e. The van der Waals surface area contributed by atoms with Gasteiger partial charge in [-0.15, -0.1) is 17.0 Å². The van der Waals surface area contributed by atoms with Gasteiger partial charge in [0.15, 0.2) is 0 Å². The van der Waals surface area contributed by atoms with Crippen molar-refractivity contribution in [3.8, 4) is 0 Å². The molecule has 0 fully saturated rings. The predicted octanol–water partition coefficient (Wildman–Crippen LogP) is 0.175. The summed E-state index contributed by atoms with van der Waals surface area (Å²) in [6.07, 6.45) is 3.29. The molecule has 0 saturated carbocycles. The molecule has 1 heterocycles. The molecule has 0 aliphatic heterocycles. The third kappa shape index (κ3) is 1.59. The highest BCUT2D eigenvalue weighted by molar-refractivity contribution is 8.93. The van der Waals surface area contributed by atoms with Crippen molar-refractivity contribution >= 4 is 17.0 Å². The zero-order valence-electron chi connectivity index (χ0n) is 3.61. The molecule has 0 radical (unpaired) electrons. The number of halogens is 1. The minimum absolute atomic E-state index is 0. The van der Waals surface area contributed by atoms with E-state index in [2.05, 4.69) is 5.10 Å². The standard InChI is InChI=1S/C3H5N3.BrH/c4-6-3-1-2-5-6;/h1-3H,4H2;1H. The van der Waals surface area contributed by atoms with Gasteiger partial charge in [-0.1, -0.05) is 0 Å². The van der Waals surface area contributed by atoms with E-state index in [9.17, 15) is 0 Å². The molecule has 1 rings (SSSR count). The monoisotopic (exact) mass is 163 g/mol. The molecule has 0 aliphatic carbocycles. The molecule has 4 heteroatoms. The molecule has 40 valence electrons. The van der Waals surface area contributed by atoms with Crippen LogP contribution < -0.4 is 5.84 Å². The van der Waals surface area contributed by atoms with Gasteiger partial charge in [0.25, 0.3) is 0 Å². The Kier molecular flexibility index (Phi) is 2.44. The fraction of sp³-hybridized carbons (Fsp3) is 0. The van der Waals surface area contributed by atoms with Crippen LogP contribution in [0.1, 0.15) is 0 Å². The number of nitrogens with two attached hydrogens (primary N) is 1. The van der Waals surface area contributed by atoms with E-state index in [1.54, 1.807) is 18.5 Å². The van der Waals surface area contributed by atoms with Crippen molar-refractivity contribution in [2.24, 2.45) is 0 Å². The average molecular weight is 164 g/mol. The summed E-state index contributed by atoms with van der Waals surface area (Å²) in [5.41, 5.74) is 0. The van der Waals surface area contributed by atoms with Crippen molar-refractivity contribution in [1.82, 2.24) is 9.89 Å². The summed E-state index contributed by atoms with van der Waals surface area (Å²) < 4.78 is 0. The second-order valence-electron chi connectivity index (χ2n) is 0.986. The Hall–Kier alpha value is -0.510. The summed E-state index contributed by atoms with van der Waals surface area (Å²) in [5, 5.41) is 3.61. The Morgan fingerprint density at radius 1 is 1.57 bits per heavy atom. The van der Waals surface area contributed by atoms with Gasteiger partial charge in [0.05, 0.1) is 6.20 Å². The maximum absolute atomic E-state index is 5.08. The van der Waals surface area contributed by atoms with Crippen LogP contribution in [0.15, 0.2) is 18.5 Å². The van der Waals surface area contributed by atoms with Crippen LogP contribution in [0.2, 0.25) is 0 Å². The molecule has 0 saturated heterocycles. The summed E-state index contributed by atoms with van der Waals surface area (Å²) in [4.78, 5) is 1.25. The lowest BCUT2D eigenvalue weighted by Gasteiger charge is -1.78. The van der Waals surface area contributed by atoms with Gasteiger partial charge < -0.3 is 5.84 Å². The summed E-state index contributed by atoms with van der Waals surface area (Å²) in [7, 11) is 0. The first-order chi connectivity index (χ1) is 2.89. The van der Waals surface area contributed by atoms with Crippen LogP contribution in [0.4, 0.5) is 0 Å². The number of aromatic nitrogens is 2. The third-order valence-corrected chi connectivity index (χ3v) is 0.525. The molecule has 0 amide bonds. The Labute approximate surface area is 51.9 Å². The molecule has 0 spiro atoms. The first-order valence-electron chi connectivity index (χ1n) is 1.64. The summed E-state index contributed by atoms with van der Waals surface area (Å²) >= 11 is 0. The van der Waals surface area contributed by atoms with E-state index >= 15 is 0 Å². The van der Waals surface area contributed by atoms with Crippen LogP contribution >= 0.6 is 17.0 Å². The predicted molar refractivity (Wildman–Crippen MR) is 32.7 cm³/mol. The second-order valence-corrected chi connectivity index (χ2v) is 0.986. The third-order valence-electron chi connectivity index (χ3n) is 0.525. The molecular formula is C3H6BrN3. The molecular weight excluding hydrogens is 158 g/mol. The molecule has 1 aromatic heterocycles. The van der Waals surface area contributed by atoms with E-state index in [-0.39, 0.29) is 17.0 Å². The van der Waals surface area contributed by atoms with Gasteiger partial charge in [0, 0.05) is 6.20 Å². The van der Waals surface area contributed by atoms with Crippen molar-refractivity contribution in [2.45, 2.75) is 0 Å². The SMILES string of the molecule is Br.Nn1cccn1. The van der Waals surface area contributed by atoms with E-state index < -0.39 is 0 Å². The van der Waals surface area contributed by atoms with Gasteiger partial charge in [-0.25, -0.2) is 0 Å². The van der Waals surface area contributed by atoms with Gasteiger partial charge >= 0.3 is 0 Å². The van der Waals surface area contributed by atoms with Gasteiger partial charge in [0.1, 0.15) is 0 Å². The zero-order chi connectivity index (χ0) is 4.41. The number of nitrogens with zero attached hydrogens (tertiary/aromatic N) is 2. The number of nitrogen functional groups attached to an aromatic ring is 1. The van der Waals surface area contributed by atoms with E-state index in [1.165, 1.54) is 4.79 Å². The molecule has 0 aliphatic rings. The lowest BCUT2D eigenvalue weighted by atomic mass is 10.8. The fourth-order valence-electron chi connectivity index (χ4n) is 0.281. The number of hydrogen-bond acceptors (Lipinski definition) is 2. The molecule has 1 aromatic rings. The highest BCUT2D eigenvalue weighted by atomic mass is 79.9. The maximum atomic E-state index is 5.08. The number of hydrogen-bond donors (Lipinski definition) is 1. The largest absolute Gasteiger partial charge is 0.323 e. The van der Waals surface area contributed by atoms with Crippen molar-refractivity contribution in [1.29, 1.82) is 0 Å². The van der Waals surface area contributed by atoms with Crippen molar-refractivity contribution in [3.63, 3.8) is 0 Å². The first-order valence-corrected chi connectivity index (χ1v) is 1.64. The highest BCUT2D eigenvalue weighted by Gasteiger charge is 1.69. The fourth-order valence-corrected chi connectivity index (χ4v) is 0.281. The lowest BCUT2D eigenvalue weighted by molar-refractivity contribution is 0.832. The average Bonchev–Trinajstić information content (AvgIpc) is 1.86. The quantitative estimate of drug-likeness (QED) is 0.555. The molecule has 0 bridgehead atoms. The Bertz CT molecular complexity index is 114. The summed E-state index contributed by atoms with van der Waals surface area (Å²) in [5.74, 6) is 5.08. The summed E-state index contributed by atoms with van der Waals surface area (Å²) in [6, 6.07) is 1.76. The second kappa shape index (κ2) is 2.63. The Morgan fingerprint density at radius 2 is 2.29 bits per heavy atom. The highest BCUT2D eigenvalue weighted by Crippen LogP contribution is 1.70. The number of rotatable bonds is 0. The summed E-state index contributed by atoms with van der Waals surface area (Å²) in [6.45, 7) is 0. The van der Waals surface area contributed by atoms with Gasteiger partial charge in [-0.3, -0.25) is 0 Å². The maximum Gasteiger partial charge on any atom is 0.0510 e. The Morgan fingerprint density at radius 3 is 2.43 bits per heavy atom. The molecule has 0 unspecified atom stereocenters. The van der Waals surface area contributed by atoms with Crippen LogP contribution in [-0.4, -0.2) is 9.89 Å². The van der Waals surface area contributed by atoms with Crippen LogP contribution in [0, 0.1) is 0 Å². The van der Waals surface area contributed by atoms with Crippen LogP contribution in [0.25, 0.3) is 0 Å². The van der Waals surface area contributed by atoms with Gasteiger partial charge in [-0.2, -0.15) is 9.89 Å². The lowest BCUT2D eigenvalue weighted by Crippen LogP contribution is -2.06. The van der Waals surface area contributed by atoms with Crippen LogP contribution in [0.5, 0.6) is 0 Å². The normalized spacial score (nSPS) is 7.43. The molecule has 2 N–H and O–H groups in total. The minimum Gasteiger partial charge on any atom is -0.323 e. The topological polar surface area (TPSA) is 43.8 Å². The van der Waals surface area contributed by atoms with Crippen molar-refractivity contribution in [3.05, 3.63) is 18.5 Å². The van der Waals surface area contributed by atoms with Gasteiger partial charge in [-0.05, 0) is 6.07 Å². The van der Waals surface area contributed by atoms with E-state index in [0.717, 1.165) is 0 Å². The molecule has 0 atom stereocenters.